The molecule has 0 aliphatic carbocycles. The Morgan fingerprint density at radius 3 is 2.94 bits per heavy atom. The van der Waals surface area contributed by atoms with E-state index in [4.69, 9.17) is 0 Å². The number of aliphatic hydroxyl groups excluding tert-OH is 1. The maximum atomic E-state index is 9.98. The zero-order valence-corrected chi connectivity index (χ0v) is 10.7. The number of nitrogens with zero attached hydrogens (tertiary/aromatic N) is 1. The van der Waals surface area contributed by atoms with Gasteiger partial charge in [0.2, 0.25) is 0 Å². The number of aliphatic hydroxyl groups is 1. The lowest BCUT2D eigenvalue weighted by molar-refractivity contribution is 0.168. The first kappa shape index (κ1) is 12.4. The maximum Gasteiger partial charge on any atom is 0.0715 e. The zero-order chi connectivity index (χ0) is 12.1. The Morgan fingerprint density at radius 1 is 1.29 bits per heavy atom. The van der Waals surface area contributed by atoms with E-state index >= 15 is 0 Å². The smallest absolute Gasteiger partial charge is 0.0715 e. The Balaban J connectivity index is 2.11. The van der Waals surface area contributed by atoms with Gasteiger partial charge < -0.3 is 10.0 Å². The molecule has 0 radical (unpaired) electrons. The standard InChI is InChI=1S/C15H23NO/c1-2-7-14(17)12-16-11-6-5-9-13-8-3-4-10-15(13)16/h3-4,8,10,14,17H,2,5-7,9,11-12H2,1H3. The number of hydrogen-bond acceptors (Lipinski definition) is 2. The zero-order valence-electron chi connectivity index (χ0n) is 10.7. The van der Waals surface area contributed by atoms with E-state index in [-0.39, 0.29) is 6.10 Å². The highest BCUT2D eigenvalue weighted by Gasteiger charge is 2.17. The highest BCUT2D eigenvalue weighted by Crippen LogP contribution is 2.26. The third kappa shape index (κ3) is 3.22. The van der Waals surface area contributed by atoms with Crippen molar-refractivity contribution >= 4 is 5.69 Å². The van der Waals surface area contributed by atoms with Gasteiger partial charge in [-0.15, -0.1) is 0 Å². The summed E-state index contributed by atoms with van der Waals surface area (Å²) in [6.07, 6.45) is 5.43. The molecule has 0 saturated heterocycles. The molecule has 0 amide bonds. The van der Waals surface area contributed by atoms with Crippen molar-refractivity contribution in [1.29, 1.82) is 0 Å². The van der Waals surface area contributed by atoms with Crippen LogP contribution in [0.1, 0.15) is 38.2 Å². The Kier molecular flexibility index (Phi) is 4.43. The van der Waals surface area contributed by atoms with Crippen LogP contribution in [-0.4, -0.2) is 24.3 Å². The fraction of sp³-hybridized carbons (Fsp3) is 0.600. The molecule has 1 aliphatic rings. The third-order valence-electron chi connectivity index (χ3n) is 3.51. The van der Waals surface area contributed by atoms with E-state index in [1.54, 1.807) is 0 Å². The Hall–Kier alpha value is -1.02. The Bertz CT molecular complexity index is 351. The summed E-state index contributed by atoms with van der Waals surface area (Å²) < 4.78 is 0. The highest BCUT2D eigenvalue weighted by molar-refractivity contribution is 5.54. The summed E-state index contributed by atoms with van der Waals surface area (Å²) in [6, 6.07) is 8.63. The fourth-order valence-electron chi connectivity index (χ4n) is 2.64. The second-order valence-electron chi connectivity index (χ2n) is 4.97. The predicted molar refractivity (Wildman–Crippen MR) is 72.5 cm³/mol. The van der Waals surface area contributed by atoms with Crippen molar-refractivity contribution in [2.24, 2.45) is 0 Å². The molecule has 1 aromatic carbocycles. The van der Waals surface area contributed by atoms with Gasteiger partial charge in [-0.1, -0.05) is 31.5 Å². The molecule has 1 aromatic rings. The van der Waals surface area contributed by atoms with Gasteiger partial charge in [-0.25, -0.2) is 0 Å². The van der Waals surface area contributed by atoms with Crippen LogP contribution in [0.5, 0.6) is 0 Å². The molecular formula is C15H23NO. The van der Waals surface area contributed by atoms with Gasteiger partial charge in [0, 0.05) is 18.8 Å². The molecular weight excluding hydrogens is 210 g/mol. The van der Waals surface area contributed by atoms with E-state index in [1.807, 2.05) is 0 Å². The van der Waals surface area contributed by atoms with Gasteiger partial charge in [-0.2, -0.15) is 0 Å². The summed E-state index contributed by atoms with van der Waals surface area (Å²) in [4.78, 5) is 2.36. The van der Waals surface area contributed by atoms with Gasteiger partial charge in [0.15, 0.2) is 0 Å². The largest absolute Gasteiger partial charge is 0.391 e. The molecule has 0 saturated carbocycles. The molecule has 0 bridgehead atoms. The van der Waals surface area contributed by atoms with E-state index in [0.717, 1.165) is 25.9 Å². The van der Waals surface area contributed by atoms with Crippen LogP contribution in [0.4, 0.5) is 5.69 Å². The van der Waals surface area contributed by atoms with Crippen LogP contribution in [-0.2, 0) is 6.42 Å². The number of benzene rings is 1. The summed E-state index contributed by atoms with van der Waals surface area (Å²) in [5.74, 6) is 0. The normalized spacial score (nSPS) is 17.4. The minimum Gasteiger partial charge on any atom is -0.391 e. The molecule has 1 unspecified atom stereocenters. The monoisotopic (exact) mass is 233 g/mol. The van der Waals surface area contributed by atoms with Gasteiger partial charge in [0.1, 0.15) is 0 Å². The van der Waals surface area contributed by atoms with E-state index in [2.05, 4.69) is 36.1 Å². The van der Waals surface area contributed by atoms with Crippen LogP contribution >= 0.6 is 0 Å². The topological polar surface area (TPSA) is 23.5 Å². The van der Waals surface area contributed by atoms with Gasteiger partial charge in [-0.3, -0.25) is 0 Å². The second-order valence-corrected chi connectivity index (χ2v) is 4.97. The maximum absolute atomic E-state index is 9.98. The van der Waals surface area contributed by atoms with E-state index in [0.29, 0.717) is 0 Å². The van der Waals surface area contributed by atoms with Crippen LogP contribution in [0.25, 0.3) is 0 Å². The molecule has 0 spiro atoms. The molecule has 1 atom stereocenters. The van der Waals surface area contributed by atoms with Gasteiger partial charge in [-0.05, 0) is 37.3 Å². The summed E-state index contributed by atoms with van der Waals surface area (Å²) in [7, 11) is 0. The van der Waals surface area contributed by atoms with E-state index in [1.165, 1.54) is 30.5 Å². The number of hydrogen-bond donors (Lipinski definition) is 1. The fourth-order valence-corrected chi connectivity index (χ4v) is 2.64. The number of anilines is 1. The first-order chi connectivity index (χ1) is 8.31. The lowest BCUT2D eigenvalue weighted by Crippen LogP contribution is -2.33. The lowest BCUT2D eigenvalue weighted by Gasteiger charge is -2.27. The quantitative estimate of drug-likeness (QED) is 0.864. The molecule has 94 valence electrons. The molecule has 2 heteroatoms. The lowest BCUT2D eigenvalue weighted by atomic mass is 10.1. The van der Waals surface area contributed by atoms with Gasteiger partial charge >= 0.3 is 0 Å². The molecule has 1 heterocycles. The molecule has 17 heavy (non-hydrogen) atoms. The average molecular weight is 233 g/mol. The minimum atomic E-state index is -0.189. The average Bonchev–Trinajstić information content (AvgIpc) is 2.53. The minimum absolute atomic E-state index is 0.189. The number of β-amino-alcohol motifs (C(OH)–C–C–N with tert-alkyl or cyclic N) is 1. The van der Waals surface area contributed by atoms with Crippen molar-refractivity contribution in [2.45, 2.75) is 45.1 Å². The summed E-state index contributed by atoms with van der Waals surface area (Å²) in [6.45, 7) is 3.99. The van der Waals surface area contributed by atoms with Crippen molar-refractivity contribution in [1.82, 2.24) is 0 Å². The predicted octanol–water partition coefficient (Wildman–Crippen LogP) is 2.99. The van der Waals surface area contributed by atoms with Gasteiger partial charge in [0.05, 0.1) is 6.10 Å². The van der Waals surface area contributed by atoms with Crippen LogP contribution in [0.2, 0.25) is 0 Å². The van der Waals surface area contributed by atoms with Crippen molar-refractivity contribution in [2.75, 3.05) is 18.0 Å². The van der Waals surface area contributed by atoms with Crippen LogP contribution < -0.4 is 4.90 Å². The Labute approximate surface area is 104 Å². The molecule has 2 rings (SSSR count). The molecule has 2 nitrogen and oxygen atoms in total. The van der Waals surface area contributed by atoms with Crippen molar-refractivity contribution in [3.63, 3.8) is 0 Å². The molecule has 1 N–H and O–H groups in total. The number of aryl methyl sites for hydroxylation is 1. The van der Waals surface area contributed by atoms with Gasteiger partial charge in [0.25, 0.3) is 0 Å². The van der Waals surface area contributed by atoms with E-state index in [9.17, 15) is 5.11 Å². The highest BCUT2D eigenvalue weighted by atomic mass is 16.3. The number of rotatable bonds is 4. The third-order valence-corrected chi connectivity index (χ3v) is 3.51. The SMILES string of the molecule is CCCC(O)CN1CCCCc2ccccc21. The summed E-state index contributed by atoms with van der Waals surface area (Å²) in [5, 5.41) is 9.98. The Morgan fingerprint density at radius 2 is 2.12 bits per heavy atom. The van der Waals surface area contributed by atoms with Crippen LogP contribution in [0.15, 0.2) is 24.3 Å². The number of para-hydroxylation sites is 1. The van der Waals surface area contributed by atoms with Crippen molar-refractivity contribution < 1.29 is 5.11 Å². The molecule has 1 aliphatic heterocycles. The number of fused-ring (bicyclic) bond motifs is 1. The first-order valence-corrected chi connectivity index (χ1v) is 6.82. The van der Waals surface area contributed by atoms with Crippen molar-refractivity contribution in [3.8, 4) is 0 Å². The second kappa shape index (κ2) is 6.06. The molecule has 0 aromatic heterocycles. The summed E-state index contributed by atoms with van der Waals surface area (Å²) in [5.41, 5.74) is 2.77. The van der Waals surface area contributed by atoms with Crippen molar-refractivity contribution in [3.05, 3.63) is 29.8 Å². The van der Waals surface area contributed by atoms with E-state index < -0.39 is 0 Å². The van der Waals surface area contributed by atoms with Crippen LogP contribution in [0.3, 0.4) is 0 Å². The summed E-state index contributed by atoms with van der Waals surface area (Å²) >= 11 is 0. The molecule has 0 fully saturated rings. The first-order valence-electron chi connectivity index (χ1n) is 6.82. The van der Waals surface area contributed by atoms with Crippen LogP contribution in [0, 0.1) is 0 Å².